The molecular formula is C25H42O. The first-order valence-corrected chi connectivity index (χ1v) is 11.2. The summed E-state index contributed by atoms with van der Waals surface area (Å²) in [5, 5.41) is 0. The van der Waals surface area contributed by atoms with Crippen molar-refractivity contribution in [2.75, 3.05) is 6.61 Å². The summed E-state index contributed by atoms with van der Waals surface area (Å²) in [4.78, 5) is 0. The van der Waals surface area contributed by atoms with Crippen molar-refractivity contribution in [2.45, 2.75) is 103 Å². The van der Waals surface area contributed by atoms with E-state index in [9.17, 15) is 0 Å². The smallest absolute Gasteiger partial charge is 0.0716 e. The van der Waals surface area contributed by atoms with Crippen molar-refractivity contribution in [2.24, 2.45) is 0 Å². The fourth-order valence-corrected chi connectivity index (χ4v) is 3.22. The van der Waals surface area contributed by atoms with Crippen LogP contribution in [0.25, 0.3) is 0 Å². The fourth-order valence-electron chi connectivity index (χ4n) is 3.22. The molecule has 0 bridgehead atoms. The highest BCUT2D eigenvalue weighted by Crippen LogP contribution is 2.10. The van der Waals surface area contributed by atoms with Gasteiger partial charge in [0.25, 0.3) is 0 Å². The van der Waals surface area contributed by atoms with Gasteiger partial charge in [-0.05, 0) is 37.7 Å². The first kappa shape index (κ1) is 23.0. The van der Waals surface area contributed by atoms with E-state index in [1.165, 1.54) is 95.5 Å². The van der Waals surface area contributed by atoms with Crippen molar-refractivity contribution in [3.8, 4) is 0 Å². The van der Waals surface area contributed by atoms with Crippen molar-refractivity contribution in [3.05, 3.63) is 48.0 Å². The molecule has 0 fully saturated rings. The van der Waals surface area contributed by atoms with E-state index >= 15 is 0 Å². The normalized spacial score (nSPS) is 11.4. The Morgan fingerprint density at radius 3 is 1.81 bits per heavy atom. The number of ether oxygens (including phenoxy) is 1. The van der Waals surface area contributed by atoms with Crippen molar-refractivity contribution >= 4 is 0 Å². The molecular weight excluding hydrogens is 316 g/mol. The van der Waals surface area contributed by atoms with Crippen molar-refractivity contribution in [3.63, 3.8) is 0 Å². The number of hydrogen-bond acceptors (Lipinski definition) is 1. The van der Waals surface area contributed by atoms with Gasteiger partial charge in [0.05, 0.1) is 6.61 Å². The molecule has 0 aromatic heterocycles. The Morgan fingerprint density at radius 2 is 1.19 bits per heavy atom. The zero-order valence-electron chi connectivity index (χ0n) is 17.3. The molecule has 0 radical (unpaired) electrons. The summed E-state index contributed by atoms with van der Waals surface area (Å²) < 4.78 is 5.73. The fraction of sp³-hybridized carbons (Fsp3) is 0.680. The van der Waals surface area contributed by atoms with Gasteiger partial charge in [-0.3, -0.25) is 0 Å². The summed E-state index contributed by atoms with van der Waals surface area (Å²) in [5.41, 5.74) is 1.28. The van der Waals surface area contributed by atoms with E-state index in [1.54, 1.807) is 0 Å². The number of allylic oxidation sites excluding steroid dienone is 2. The van der Waals surface area contributed by atoms with E-state index in [0.29, 0.717) is 0 Å². The van der Waals surface area contributed by atoms with Gasteiger partial charge in [0, 0.05) is 6.61 Å². The number of rotatable bonds is 18. The third-order valence-corrected chi connectivity index (χ3v) is 4.91. The number of benzene rings is 1. The van der Waals surface area contributed by atoms with Crippen LogP contribution < -0.4 is 0 Å². The van der Waals surface area contributed by atoms with Crippen LogP contribution in [0.15, 0.2) is 42.5 Å². The van der Waals surface area contributed by atoms with Gasteiger partial charge in [-0.15, -0.1) is 0 Å². The van der Waals surface area contributed by atoms with E-state index in [4.69, 9.17) is 4.74 Å². The average Bonchev–Trinajstić information content (AvgIpc) is 2.68. The van der Waals surface area contributed by atoms with Crippen LogP contribution in [-0.2, 0) is 11.3 Å². The highest BCUT2D eigenvalue weighted by Gasteiger charge is 1.94. The van der Waals surface area contributed by atoms with Crippen LogP contribution in [0.3, 0.4) is 0 Å². The SMILES string of the molecule is CCCCCCCC/C=C\CCCCCCCCOCc1ccccc1. The Bertz CT molecular complexity index is 409. The third kappa shape index (κ3) is 15.2. The maximum atomic E-state index is 5.73. The predicted octanol–water partition coefficient (Wildman–Crippen LogP) is 8.24. The van der Waals surface area contributed by atoms with Crippen LogP contribution in [0, 0.1) is 0 Å². The molecule has 0 aliphatic heterocycles. The summed E-state index contributed by atoms with van der Waals surface area (Å²) in [6, 6.07) is 10.4. The minimum absolute atomic E-state index is 0.756. The molecule has 0 saturated heterocycles. The molecule has 26 heavy (non-hydrogen) atoms. The van der Waals surface area contributed by atoms with Crippen LogP contribution >= 0.6 is 0 Å². The zero-order valence-corrected chi connectivity index (χ0v) is 17.3. The lowest BCUT2D eigenvalue weighted by molar-refractivity contribution is 0.116. The Labute approximate surface area is 163 Å². The van der Waals surface area contributed by atoms with E-state index in [1.807, 2.05) is 0 Å². The van der Waals surface area contributed by atoms with E-state index in [2.05, 4.69) is 49.4 Å². The molecule has 0 spiro atoms. The number of hydrogen-bond donors (Lipinski definition) is 0. The number of unbranched alkanes of at least 4 members (excludes halogenated alkanes) is 12. The van der Waals surface area contributed by atoms with E-state index in [-0.39, 0.29) is 0 Å². The van der Waals surface area contributed by atoms with E-state index < -0.39 is 0 Å². The second-order valence-electron chi connectivity index (χ2n) is 7.48. The Kier molecular flexibility index (Phi) is 16.5. The molecule has 0 N–H and O–H groups in total. The first-order valence-electron chi connectivity index (χ1n) is 11.2. The monoisotopic (exact) mass is 358 g/mol. The molecule has 0 heterocycles. The second kappa shape index (κ2) is 18.7. The molecule has 0 saturated carbocycles. The summed E-state index contributed by atoms with van der Waals surface area (Å²) in [6.45, 7) is 3.94. The third-order valence-electron chi connectivity index (χ3n) is 4.91. The molecule has 1 nitrogen and oxygen atoms in total. The highest BCUT2D eigenvalue weighted by molar-refractivity contribution is 5.13. The van der Waals surface area contributed by atoms with Crippen LogP contribution in [0.2, 0.25) is 0 Å². The van der Waals surface area contributed by atoms with Crippen molar-refractivity contribution < 1.29 is 4.74 Å². The summed E-state index contributed by atoms with van der Waals surface area (Å²) in [6.07, 6.45) is 23.8. The van der Waals surface area contributed by atoms with Gasteiger partial charge >= 0.3 is 0 Å². The van der Waals surface area contributed by atoms with Gasteiger partial charge in [0.15, 0.2) is 0 Å². The maximum Gasteiger partial charge on any atom is 0.0716 e. The Hall–Kier alpha value is -1.08. The van der Waals surface area contributed by atoms with Crippen LogP contribution in [-0.4, -0.2) is 6.61 Å². The largest absolute Gasteiger partial charge is 0.377 e. The van der Waals surface area contributed by atoms with Gasteiger partial charge in [0.1, 0.15) is 0 Å². The minimum atomic E-state index is 0.756. The molecule has 1 aromatic rings. The predicted molar refractivity (Wildman–Crippen MR) is 116 cm³/mol. The highest BCUT2D eigenvalue weighted by atomic mass is 16.5. The average molecular weight is 359 g/mol. The molecule has 0 unspecified atom stereocenters. The van der Waals surface area contributed by atoms with Crippen LogP contribution in [0.5, 0.6) is 0 Å². The topological polar surface area (TPSA) is 9.23 Å². The minimum Gasteiger partial charge on any atom is -0.377 e. The molecule has 148 valence electrons. The van der Waals surface area contributed by atoms with Gasteiger partial charge in [-0.2, -0.15) is 0 Å². The standard InChI is InChI=1S/C25H42O/c1-2-3-4-5-6-7-8-9-10-11-12-13-14-15-16-20-23-26-24-25-21-18-17-19-22-25/h9-10,17-19,21-22H,2-8,11-16,20,23-24H2,1H3/b10-9-. The van der Waals surface area contributed by atoms with Gasteiger partial charge in [0.2, 0.25) is 0 Å². The molecule has 1 aromatic carbocycles. The molecule has 1 rings (SSSR count). The lowest BCUT2D eigenvalue weighted by Crippen LogP contribution is -1.95. The van der Waals surface area contributed by atoms with Crippen molar-refractivity contribution in [1.29, 1.82) is 0 Å². The summed E-state index contributed by atoms with van der Waals surface area (Å²) >= 11 is 0. The summed E-state index contributed by atoms with van der Waals surface area (Å²) in [5.74, 6) is 0. The first-order chi connectivity index (χ1) is 12.9. The molecule has 1 heteroatoms. The van der Waals surface area contributed by atoms with Crippen LogP contribution in [0.1, 0.15) is 102 Å². The molecule has 0 amide bonds. The molecule has 0 aliphatic carbocycles. The quantitative estimate of drug-likeness (QED) is 0.190. The van der Waals surface area contributed by atoms with Crippen LogP contribution in [0.4, 0.5) is 0 Å². The maximum absolute atomic E-state index is 5.73. The molecule has 0 atom stereocenters. The zero-order chi connectivity index (χ0) is 18.5. The van der Waals surface area contributed by atoms with Crippen molar-refractivity contribution in [1.82, 2.24) is 0 Å². The van der Waals surface area contributed by atoms with E-state index in [0.717, 1.165) is 13.2 Å². The Morgan fingerprint density at radius 1 is 0.654 bits per heavy atom. The van der Waals surface area contributed by atoms with Gasteiger partial charge in [-0.25, -0.2) is 0 Å². The molecule has 0 aliphatic rings. The van der Waals surface area contributed by atoms with Gasteiger partial charge < -0.3 is 4.74 Å². The second-order valence-corrected chi connectivity index (χ2v) is 7.48. The lowest BCUT2D eigenvalue weighted by atomic mass is 10.1. The summed E-state index contributed by atoms with van der Waals surface area (Å²) in [7, 11) is 0. The van der Waals surface area contributed by atoms with Gasteiger partial charge in [-0.1, -0.05) is 107 Å². The lowest BCUT2D eigenvalue weighted by Gasteiger charge is -2.04. The Balaban J connectivity index is 1.73.